The number of nitrogens with zero attached hydrogens (tertiary/aromatic N) is 2. The molecule has 0 aliphatic rings. The number of rotatable bonds is 2. The summed E-state index contributed by atoms with van der Waals surface area (Å²) in [4.78, 5) is 27.6. The highest BCUT2D eigenvalue weighted by molar-refractivity contribution is 5.85. The lowest BCUT2D eigenvalue weighted by Crippen LogP contribution is -2.20. The molecule has 0 N–H and O–H groups in total. The minimum atomic E-state index is -0.632. The Morgan fingerprint density at radius 3 is 2.62 bits per heavy atom. The molecule has 2 aromatic heterocycles. The van der Waals surface area contributed by atoms with Gasteiger partial charge in [0.2, 0.25) is 0 Å². The van der Waals surface area contributed by atoms with Crippen LogP contribution in [0.1, 0.15) is 10.5 Å². The van der Waals surface area contributed by atoms with E-state index in [1.165, 1.54) is 24.3 Å². The lowest BCUT2D eigenvalue weighted by molar-refractivity contribution is 0.111. The zero-order chi connectivity index (χ0) is 15.0. The largest absolute Gasteiger partial charge is 0.296 e. The third-order valence-corrected chi connectivity index (χ3v) is 3.04. The van der Waals surface area contributed by atoms with Gasteiger partial charge in [-0.3, -0.25) is 14.0 Å². The van der Waals surface area contributed by atoms with Gasteiger partial charge in [0.25, 0.3) is 5.56 Å². The number of benzene rings is 1. The number of hydrogen-bond donors (Lipinski definition) is 0. The zero-order valence-corrected chi connectivity index (χ0v) is 10.6. The number of carbonyl (C=O) groups is 1. The summed E-state index contributed by atoms with van der Waals surface area (Å²) in [7, 11) is 0. The lowest BCUT2D eigenvalue weighted by atomic mass is 10.1. The van der Waals surface area contributed by atoms with Gasteiger partial charge in [0.1, 0.15) is 23.0 Å². The highest BCUT2D eigenvalue weighted by Crippen LogP contribution is 2.19. The van der Waals surface area contributed by atoms with Crippen LogP contribution in [-0.4, -0.2) is 15.7 Å². The molecule has 0 unspecified atom stereocenters. The van der Waals surface area contributed by atoms with Gasteiger partial charge in [0, 0.05) is 6.20 Å². The van der Waals surface area contributed by atoms with Gasteiger partial charge in [0.15, 0.2) is 6.29 Å². The minimum absolute atomic E-state index is 0.0624. The predicted molar refractivity (Wildman–Crippen MR) is 72.2 cm³/mol. The molecule has 0 saturated carbocycles. The fourth-order valence-corrected chi connectivity index (χ4v) is 2.13. The molecule has 0 spiro atoms. The highest BCUT2D eigenvalue weighted by Gasteiger charge is 2.15. The maximum absolute atomic E-state index is 13.3. The summed E-state index contributed by atoms with van der Waals surface area (Å²) in [5.41, 5.74) is -0.450. The van der Waals surface area contributed by atoms with Crippen LogP contribution in [0.2, 0.25) is 0 Å². The number of carbonyl (C=O) groups excluding carboxylic acids is 1. The molecule has 21 heavy (non-hydrogen) atoms. The molecular weight excluding hydrogens is 278 g/mol. The molecule has 0 aliphatic heterocycles. The number of hydrogen-bond acceptors (Lipinski definition) is 3. The maximum Gasteiger partial charge on any atom is 0.266 e. The first-order valence-corrected chi connectivity index (χ1v) is 6.03. The van der Waals surface area contributed by atoms with E-state index in [1.54, 1.807) is 0 Å². The summed E-state index contributed by atoms with van der Waals surface area (Å²) in [6.07, 6.45) is 1.40. The molecule has 6 heteroatoms. The molecule has 0 bridgehead atoms. The van der Waals surface area contributed by atoms with E-state index in [9.17, 15) is 18.4 Å². The van der Waals surface area contributed by atoms with Crippen molar-refractivity contribution in [1.82, 2.24) is 9.38 Å². The summed E-state index contributed by atoms with van der Waals surface area (Å²) >= 11 is 0. The van der Waals surface area contributed by atoms with Crippen LogP contribution in [-0.2, 0) is 0 Å². The molecule has 3 rings (SSSR count). The van der Waals surface area contributed by atoms with Gasteiger partial charge in [0.05, 0.1) is 5.56 Å². The molecule has 0 radical (unpaired) electrons. The van der Waals surface area contributed by atoms with Crippen molar-refractivity contribution in [3.63, 3.8) is 0 Å². The first kappa shape index (κ1) is 13.1. The number of halogens is 2. The second-order valence-corrected chi connectivity index (χ2v) is 4.38. The van der Waals surface area contributed by atoms with Crippen LogP contribution in [0.15, 0.2) is 47.4 Å². The SMILES string of the molecule is O=Cc1nc2ccc(F)cn2c(=O)c1-c1cccc(F)c1. The van der Waals surface area contributed by atoms with Crippen LogP contribution in [0.3, 0.4) is 0 Å². The van der Waals surface area contributed by atoms with Gasteiger partial charge in [-0.25, -0.2) is 13.8 Å². The van der Waals surface area contributed by atoms with Gasteiger partial charge < -0.3 is 0 Å². The molecule has 3 aromatic rings. The Bertz CT molecular complexity index is 919. The van der Waals surface area contributed by atoms with Crippen LogP contribution < -0.4 is 5.56 Å². The topological polar surface area (TPSA) is 51.4 Å². The third-order valence-electron chi connectivity index (χ3n) is 3.04. The van der Waals surface area contributed by atoms with Gasteiger partial charge >= 0.3 is 0 Å². The molecule has 0 fully saturated rings. The van der Waals surface area contributed by atoms with Crippen molar-refractivity contribution in [3.8, 4) is 11.1 Å². The molecule has 0 saturated heterocycles. The van der Waals surface area contributed by atoms with E-state index in [0.717, 1.165) is 22.7 Å². The van der Waals surface area contributed by atoms with Gasteiger partial charge in [-0.05, 0) is 29.8 Å². The summed E-state index contributed by atoms with van der Waals surface area (Å²) in [5.74, 6) is -1.16. The van der Waals surface area contributed by atoms with E-state index in [1.807, 2.05) is 0 Å². The van der Waals surface area contributed by atoms with E-state index in [2.05, 4.69) is 4.98 Å². The van der Waals surface area contributed by atoms with Crippen molar-refractivity contribution < 1.29 is 13.6 Å². The van der Waals surface area contributed by atoms with Crippen molar-refractivity contribution >= 4 is 11.9 Å². The normalized spacial score (nSPS) is 10.8. The van der Waals surface area contributed by atoms with Crippen LogP contribution in [0.4, 0.5) is 8.78 Å². The maximum atomic E-state index is 13.3. The Morgan fingerprint density at radius 1 is 1.10 bits per heavy atom. The molecule has 1 aromatic carbocycles. The first-order chi connectivity index (χ1) is 10.1. The molecule has 0 atom stereocenters. The molecule has 104 valence electrons. The van der Waals surface area contributed by atoms with E-state index in [4.69, 9.17) is 0 Å². The Morgan fingerprint density at radius 2 is 1.90 bits per heavy atom. The zero-order valence-electron chi connectivity index (χ0n) is 10.6. The first-order valence-electron chi connectivity index (χ1n) is 6.03. The molecule has 4 nitrogen and oxygen atoms in total. The fraction of sp³-hybridized carbons (Fsp3) is 0. The molecule has 0 amide bonds. The summed E-state index contributed by atoms with van der Waals surface area (Å²) in [6, 6.07) is 7.67. The number of aromatic nitrogens is 2. The summed E-state index contributed by atoms with van der Waals surface area (Å²) in [5, 5.41) is 0. The van der Waals surface area contributed by atoms with Crippen LogP contribution in [0, 0.1) is 11.6 Å². The van der Waals surface area contributed by atoms with Crippen molar-refractivity contribution in [2.24, 2.45) is 0 Å². The second kappa shape index (κ2) is 4.90. The molecule has 2 heterocycles. The van der Waals surface area contributed by atoms with Crippen molar-refractivity contribution in [2.75, 3.05) is 0 Å². The standard InChI is InChI=1S/C15H8F2N2O2/c16-10-3-1-2-9(6-10)14-12(8-20)18-13-5-4-11(17)7-19(13)15(14)21/h1-8H. The Kier molecular flexibility index (Phi) is 3.06. The Labute approximate surface area is 117 Å². The Hall–Kier alpha value is -2.89. The number of aldehydes is 1. The monoisotopic (exact) mass is 286 g/mol. The lowest BCUT2D eigenvalue weighted by Gasteiger charge is -2.07. The van der Waals surface area contributed by atoms with Gasteiger partial charge in [-0.15, -0.1) is 0 Å². The van der Waals surface area contributed by atoms with Crippen molar-refractivity contribution in [2.45, 2.75) is 0 Å². The predicted octanol–water partition coefficient (Wildman–Crippen LogP) is 2.45. The van der Waals surface area contributed by atoms with E-state index >= 15 is 0 Å². The molecular formula is C15H8F2N2O2. The second-order valence-electron chi connectivity index (χ2n) is 4.38. The van der Waals surface area contributed by atoms with Crippen molar-refractivity contribution in [3.05, 3.63) is 70.3 Å². The molecule has 0 aliphatic carbocycles. The van der Waals surface area contributed by atoms with E-state index in [-0.39, 0.29) is 22.5 Å². The van der Waals surface area contributed by atoms with Crippen LogP contribution >= 0.6 is 0 Å². The van der Waals surface area contributed by atoms with E-state index < -0.39 is 17.2 Å². The number of pyridine rings is 1. The van der Waals surface area contributed by atoms with Crippen LogP contribution in [0.25, 0.3) is 16.8 Å². The minimum Gasteiger partial charge on any atom is -0.296 e. The number of fused-ring (bicyclic) bond motifs is 1. The Balaban J connectivity index is 2.43. The summed E-state index contributed by atoms with van der Waals surface area (Å²) < 4.78 is 27.6. The van der Waals surface area contributed by atoms with Gasteiger partial charge in [-0.2, -0.15) is 0 Å². The van der Waals surface area contributed by atoms with Crippen LogP contribution in [0.5, 0.6) is 0 Å². The average Bonchev–Trinajstić information content (AvgIpc) is 2.47. The quantitative estimate of drug-likeness (QED) is 0.680. The average molecular weight is 286 g/mol. The van der Waals surface area contributed by atoms with E-state index in [0.29, 0.717) is 6.29 Å². The van der Waals surface area contributed by atoms with Crippen molar-refractivity contribution in [1.29, 1.82) is 0 Å². The smallest absolute Gasteiger partial charge is 0.266 e. The highest BCUT2D eigenvalue weighted by atomic mass is 19.1. The van der Waals surface area contributed by atoms with Gasteiger partial charge in [-0.1, -0.05) is 12.1 Å². The summed E-state index contributed by atoms with van der Waals surface area (Å²) in [6.45, 7) is 0. The fourth-order valence-electron chi connectivity index (χ4n) is 2.13. The third kappa shape index (κ3) is 2.20.